The second kappa shape index (κ2) is 8.66. The topological polar surface area (TPSA) is 52.6 Å². The minimum absolute atomic E-state index is 0.162. The van der Waals surface area contributed by atoms with Gasteiger partial charge < -0.3 is 15.2 Å². The van der Waals surface area contributed by atoms with Crippen LogP contribution >= 0.6 is 11.8 Å². The highest BCUT2D eigenvalue weighted by Crippen LogP contribution is 2.33. The number of likely N-dealkylation sites (tertiary alicyclic amines) is 1. The number of nitrogens with two attached hydrogens (primary N) is 1. The summed E-state index contributed by atoms with van der Waals surface area (Å²) < 4.78 is 5.48. The molecule has 4 rings (SSSR count). The standard InChI is InChI=1S/C20H37N3O2S/c1-22-17-9-10-23(12-16(17)21-20(22)19-4-3-11-26-19)13-18(24)14-5-7-15(25-2)8-6-14/h14-21,24H,3-13H2,1-2H3/p+1. The van der Waals surface area contributed by atoms with Crippen molar-refractivity contribution < 1.29 is 15.2 Å². The van der Waals surface area contributed by atoms with Crippen LogP contribution in [0.5, 0.6) is 0 Å². The average molecular weight is 385 g/mol. The van der Waals surface area contributed by atoms with Gasteiger partial charge in [-0.05, 0) is 63.7 Å². The van der Waals surface area contributed by atoms with Crippen LogP contribution in [0.15, 0.2) is 0 Å². The van der Waals surface area contributed by atoms with E-state index in [0.29, 0.717) is 24.2 Å². The molecule has 0 radical (unpaired) electrons. The van der Waals surface area contributed by atoms with Gasteiger partial charge in [0, 0.05) is 20.2 Å². The summed E-state index contributed by atoms with van der Waals surface area (Å²) in [4.78, 5) is 5.22. The number of aliphatic hydroxyl groups is 1. The van der Waals surface area contributed by atoms with Gasteiger partial charge in [-0.15, -0.1) is 0 Å². The Labute approximate surface area is 163 Å². The number of fused-ring (bicyclic) bond motifs is 1. The zero-order chi connectivity index (χ0) is 18.1. The predicted molar refractivity (Wildman–Crippen MR) is 106 cm³/mol. The third kappa shape index (κ3) is 4.11. The Morgan fingerprint density at radius 2 is 2.00 bits per heavy atom. The Morgan fingerprint density at radius 1 is 1.19 bits per heavy atom. The molecule has 3 N–H and O–H groups in total. The Balaban J connectivity index is 1.27. The predicted octanol–water partition coefficient (Wildman–Crippen LogP) is 0.726. The average Bonchev–Trinajstić information content (AvgIpc) is 3.30. The van der Waals surface area contributed by atoms with Crippen molar-refractivity contribution in [2.45, 2.75) is 80.7 Å². The van der Waals surface area contributed by atoms with Crippen LogP contribution in [0.4, 0.5) is 0 Å². The summed E-state index contributed by atoms with van der Waals surface area (Å²) in [6, 6.07) is 1.42. The van der Waals surface area contributed by atoms with Crippen molar-refractivity contribution in [3.63, 3.8) is 0 Å². The van der Waals surface area contributed by atoms with E-state index in [1.54, 1.807) is 0 Å². The van der Waals surface area contributed by atoms with Gasteiger partial charge in [-0.1, -0.05) is 0 Å². The molecule has 0 amide bonds. The number of rotatable bonds is 5. The van der Waals surface area contributed by atoms with E-state index in [9.17, 15) is 5.11 Å². The van der Waals surface area contributed by atoms with E-state index in [2.05, 4.69) is 33.9 Å². The second-order valence-corrected chi connectivity index (χ2v) is 10.4. The van der Waals surface area contributed by atoms with Crippen molar-refractivity contribution in [1.29, 1.82) is 0 Å². The number of hydrogen-bond donors (Lipinski definition) is 2. The zero-order valence-electron chi connectivity index (χ0n) is 16.6. The summed E-state index contributed by atoms with van der Waals surface area (Å²) in [5.41, 5.74) is 0. The van der Waals surface area contributed by atoms with Crippen LogP contribution in [-0.2, 0) is 4.74 Å². The van der Waals surface area contributed by atoms with Gasteiger partial charge in [0.05, 0.1) is 30.0 Å². The Morgan fingerprint density at radius 3 is 2.69 bits per heavy atom. The van der Waals surface area contributed by atoms with E-state index in [4.69, 9.17) is 4.74 Å². The number of ether oxygens (including phenoxy) is 1. The molecule has 4 aliphatic rings. The molecule has 5 atom stereocenters. The summed E-state index contributed by atoms with van der Waals surface area (Å²) >= 11 is 2.18. The molecule has 3 aliphatic heterocycles. The molecule has 5 unspecified atom stereocenters. The molecule has 1 saturated carbocycles. The third-order valence-electron chi connectivity index (χ3n) is 7.53. The Kier molecular flexibility index (Phi) is 6.49. The fraction of sp³-hybridized carbons (Fsp3) is 1.00. The van der Waals surface area contributed by atoms with Gasteiger partial charge in [0.25, 0.3) is 0 Å². The molecule has 0 aromatic heterocycles. The van der Waals surface area contributed by atoms with E-state index in [1.807, 2.05) is 7.11 Å². The van der Waals surface area contributed by atoms with Gasteiger partial charge >= 0.3 is 0 Å². The van der Waals surface area contributed by atoms with E-state index >= 15 is 0 Å². The van der Waals surface area contributed by atoms with Crippen LogP contribution in [0.3, 0.4) is 0 Å². The SMILES string of the molecule is COC1CCC(C(O)CN2CCC3C(C2)[NH2+]C(C2CCCS2)N3C)CC1. The Hall–Kier alpha value is 0.150. The van der Waals surface area contributed by atoms with Crippen LogP contribution in [0.2, 0.25) is 0 Å². The van der Waals surface area contributed by atoms with Gasteiger partial charge in [0.1, 0.15) is 6.04 Å². The first kappa shape index (κ1) is 19.5. The third-order valence-corrected chi connectivity index (χ3v) is 9.00. The molecule has 3 heterocycles. The molecule has 6 heteroatoms. The fourth-order valence-electron chi connectivity index (χ4n) is 5.89. The maximum Gasteiger partial charge on any atom is 0.154 e. The molecular formula is C20H38N3O2S+. The highest BCUT2D eigenvalue weighted by Gasteiger charge is 2.49. The molecule has 150 valence electrons. The molecule has 0 aromatic rings. The molecule has 4 fully saturated rings. The quantitative estimate of drug-likeness (QED) is 0.732. The number of methoxy groups -OCH3 is 1. The van der Waals surface area contributed by atoms with Crippen molar-refractivity contribution in [3.8, 4) is 0 Å². The zero-order valence-corrected chi connectivity index (χ0v) is 17.4. The fourth-order valence-corrected chi connectivity index (χ4v) is 7.34. The van der Waals surface area contributed by atoms with Gasteiger partial charge in [0.15, 0.2) is 6.17 Å². The maximum absolute atomic E-state index is 10.8. The lowest BCUT2D eigenvalue weighted by Gasteiger charge is -2.37. The first-order chi connectivity index (χ1) is 12.7. The highest BCUT2D eigenvalue weighted by atomic mass is 32.2. The van der Waals surface area contributed by atoms with E-state index in [-0.39, 0.29) is 6.10 Å². The van der Waals surface area contributed by atoms with Crippen LogP contribution in [0.25, 0.3) is 0 Å². The number of nitrogens with zero attached hydrogens (tertiary/aromatic N) is 2. The monoisotopic (exact) mass is 384 g/mol. The summed E-state index contributed by atoms with van der Waals surface area (Å²) in [5, 5.41) is 14.3. The number of quaternary nitrogens is 1. The summed E-state index contributed by atoms with van der Waals surface area (Å²) in [5.74, 6) is 1.82. The lowest BCUT2D eigenvalue weighted by molar-refractivity contribution is -0.709. The number of hydrogen-bond acceptors (Lipinski definition) is 5. The van der Waals surface area contributed by atoms with Crippen LogP contribution < -0.4 is 5.32 Å². The van der Waals surface area contributed by atoms with E-state index < -0.39 is 0 Å². The van der Waals surface area contributed by atoms with Gasteiger partial charge in [0.2, 0.25) is 0 Å². The number of aliphatic hydroxyl groups excluding tert-OH is 1. The normalized spacial score (nSPS) is 43.5. The lowest BCUT2D eigenvalue weighted by Crippen LogP contribution is -2.96. The minimum atomic E-state index is -0.162. The first-order valence-electron chi connectivity index (χ1n) is 10.8. The molecule has 0 spiro atoms. The first-order valence-corrected chi connectivity index (χ1v) is 11.8. The van der Waals surface area contributed by atoms with Crippen molar-refractivity contribution in [1.82, 2.24) is 9.80 Å². The van der Waals surface area contributed by atoms with Crippen LogP contribution in [0, 0.1) is 5.92 Å². The van der Waals surface area contributed by atoms with E-state index in [0.717, 1.165) is 56.6 Å². The summed E-state index contributed by atoms with van der Waals surface area (Å²) in [7, 11) is 4.17. The molecule has 0 bridgehead atoms. The molecule has 0 aromatic carbocycles. The minimum Gasteiger partial charge on any atom is -0.392 e. The van der Waals surface area contributed by atoms with Crippen molar-refractivity contribution in [3.05, 3.63) is 0 Å². The smallest absolute Gasteiger partial charge is 0.154 e. The molecule has 3 saturated heterocycles. The maximum atomic E-state index is 10.8. The summed E-state index contributed by atoms with van der Waals surface area (Å²) in [6.07, 6.45) is 9.44. The van der Waals surface area contributed by atoms with Gasteiger partial charge in [-0.3, -0.25) is 4.90 Å². The molecule has 26 heavy (non-hydrogen) atoms. The molecular weight excluding hydrogens is 346 g/mol. The van der Waals surface area contributed by atoms with Crippen molar-refractivity contribution >= 4 is 11.8 Å². The molecule has 1 aliphatic carbocycles. The van der Waals surface area contributed by atoms with Crippen LogP contribution in [0.1, 0.15) is 44.9 Å². The molecule has 5 nitrogen and oxygen atoms in total. The van der Waals surface area contributed by atoms with Crippen molar-refractivity contribution in [2.75, 3.05) is 39.5 Å². The number of likely N-dealkylation sites (N-methyl/N-ethyl adjacent to an activating group) is 1. The number of β-amino-alcohol motifs (C(OH)–C–C–N with tert-alkyl or cyclic N) is 1. The second-order valence-electron chi connectivity index (χ2n) is 9.02. The summed E-state index contributed by atoms with van der Waals surface area (Å²) in [6.45, 7) is 3.16. The largest absolute Gasteiger partial charge is 0.392 e. The van der Waals surface area contributed by atoms with E-state index in [1.165, 1.54) is 25.0 Å². The lowest BCUT2D eigenvalue weighted by atomic mass is 9.83. The van der Waals surface area contributed by atoms with Gasteiger partial charge in [-0.2, -0.15) is 11.8 Å². The Bertz CT molecular complexity index is 454. The highest BCUT2D eigenvalue weighted by molar-refractivity contribution is 8.00. The number of thioether (sulfide) groups is 1. The van der Waals surface area contributed by atoms with Crippen LogP contribution in [-0.4, -0.2) is 90.2 Å². The number of piperidine rings is 1. The van der Waals surface area contributed by atoms with Gasteiger partial charge in [-0.25, -0.2) is 4.90 Å². The van der Waals surface area contributed by atoms with Crippen molar-refractivity contribution in [2.24, 2.45) is 5.92 Å².